The van der Waals surface area contributed by atoms with Crippen LogP contribution < -0.4 is 4.90 Å². The highest BCUT2D eigenvalue weighted by molar-refractivity contribution is 7.86. The molecule has 0 saturated carbocycles. The summed E-state index contributed by atoms with van der Waals surface area (Å²) in [7, 11) is -4.57. The molecule has 5 nitrogen and oxygen atoms in total. The summed E-state index contributed by atoms with van der Waals surface area (Å²) in [6.07, 6.45) is 0.0169. The Morgan fingerprint density at radius 3 is 2.74 bits per heavy atom. The Bertz CT molecular complexity index is 614. The van der Waals surface area contributed by atoms with Crippen LogP contribution in [-0.2, 0) is 15.0 Å². The Kier molecular flexibility index (Phi) is 3.49. The van der Waals surface area contributed by atoms with Crippen LogP contribution in [0.25, 0.3) is 0 Å². The van der Waals surface area contributed by atoms with Gasteiger partial charge in [-0.1, -0.05) is 0 Å². The molecule has 1 fully saturated rings. The van der Waals surface area contributed by atoms with Crippen LogP contribution in [0.5, 0.6) is 5.75 Å². The van der Waals surface area contributed by atoms with E-state index in [2.05, 4.69) is 0 Å². The van der Waals surface area contributed by atoms with Gasteiger partial charge in [-0.2, -0.15) is 8.42 Å². The van der Waals surface area contributed by atoms with Gasteiger partial charge in [-0.15, -0.1) is 3.89 Å². The van der Waals surface area contributed by atoms with Gasteiger partial charge in [0.25, 0.3) is 0 Å². The lowest BCUT2D eigenvalue weighted by Gasteiger charge is -2.17. The number of phenols is 1. The third-order valence-corrected chi connectivity index (χ3v) is 4.00. The number of halogens is 1. The first-order chi connectivity index (χ1) is 8.76. The fourth-order valence-corrected chi connectivity index (χ4v) is 3.02. The highest BCUT2D eigenvalue weighted by atomic mass is 32.3. The normalized spacial score (nSPS) is 20.0. The molecular formula is C12H14FNO4S. The van der Waals surface area contributed by atoms with Crippen molar-refractivity contribution in [2.75, 3.05) is 17.2 Å². The molecule has 1 aromatic rings. The predicted molar refractivity (Wildman–Crippen MR) is 68.2 cm³/mol. The summed E-state index contributed by atoms with van der Waals surface area (Å²) in [5, 5.41) is 9.42. The van der Waals surface area contributed by atoms with Crippen molar-refractivity contribution in [2.24, 2.45) is 5.92 Å². The minimum atomic E-state index is -4.57. The van der Waals surface area contributed by atoms with Crippen molar-refractivity contribution in [1.82, 2.24) is 0 Å². The summed E-state index contributed by atoms with van der Waals surface area (Å²) < 4.78 is 33.8. The minimum absolute atomic E-state index is 0.0169. The van der Waals surface area contributed by atoms with E-state index in [0.717, 1.165) is 0 Å². The van der Waals surface area contributed by atoms with Crippen molar-refractivity contribution in [3.8, 4) is 5.75 Å². The van der Waals surface area contributed by atoms with Gasteiger partial charge in [-0.25, -0.2) is 0 Å². The Morgan fingerprint density at radius 2 is 2.16 bits per heavy atom. The number of anilines is 1. The van der Waals surface area contributed by atoms with Gasteiger partial charge < -0.3 is 10.0 Å². The van der Waals surface area contributed by atoms with E-state index in [-0.39, 0.29) is 24.6 Å². The standard InChI is InChI=1S/C12H14FNO4S/c1-8-4-10(2-3-11(8)15)14-6-9(5-12(14)16)7-19(13,17)18/h2-4,9,15H,5-7H2,1H3. The summed E-state index contributed by atoms with van der Waals surface area (Å²) in [5.74, 6) is -1.28. The molecule has 1 unspecified atom stereocenters. The molecule has 1 aliphatic heterocycles. The molecule has 7 heteroatoms. The highest BCUT2D eigenvalue weighted by Gasteiger charge is 2.33. The zero-order chi connectivity index (χ0) is 14.2. The maximum atomic E-state index is 12.6. The van der Waals surface area contributed by atoms with Crippen molar-refractivity contribution >= 4 is 21.8 Å². The van der Waals surface area contributed by atoms with Crippen molar-refractivity contribution in [3.63, 3.8) is 0 Å². The summed E-state index contributed by atoms with van der Waals surface area (Å²) >= 11 is 0. The molecule has 104 valence electrons. The van der Waals surface area contributed by atoms with E-state index in [4.69, 9.17) is 0 Å². The highest BCUT2D eigenvalue weighted by Crippen LogP contribution is 2.29. The number of nitrogens with zero attached hydrogens (tertiary/aromatic N) is 1. The van der Waals surface area contributed by atoms with Crippen LogP contribution in [-0.4, -0.2) is 31.7 Å². The average molecular weight is 287 g/mol. The van der Waals surface area contributed by atoms with Crippen LogP contribution in [0.4, 0.5) is 9.57 Å². The number of phenolic OH excluding ortho intramolecular Hbond substituents is 1. The van der Waals surface area contributed by atoms with Crippen molar-refractivity contribution < 1.29 is 22.2 Å². The molecule has 0 spiro atoms. The Labute approximate surface area is 110 Å². The molecule has 1 aromatic carbocycles. The van der Waals surface area contributed by atoms with Gasteiger partial charge in [-0.05, 0) is 30.7 Å². The molecule has 0 bridgehead atoms. The van der Waals surface area contributed by atoms with Gasteiger partial charge in [0, 0.05) is 24.6 Å². The molecular weight excluding hydrogens is 273 g/mol. The van der Waals surface area contributed by atoms with Crippen LogP contribution in [0, 0.1) is 12.8 Å². The van der Waals surface area contributed by atoms with E-state index in [0.29, 0.717) is 11.3 Å². The van der Waals surface area contributed by atoms with Gasteiger partial charge >= 0.3 is 10.2 Å². The second-order valence-electron chi connectivity index (χ2n) is 4.75. The Hall–Kier alpha value is -1.63. The van der Waals surface area contributed by atoms with Gasteiger partial charge in [0.15, 0.2) is 0 Å². The third-order valence-electron chi connectivity index (χ3n) is 3.13. The second kappa shape index (κ2) is 4.80. The van der Waals surface area contributed by atoms with Gasteiger partial charge in [0.2, 0.25) is 5.91 Å². The smallest absolute Gasteiger partial charge is 0.302 e. The van der Waals surface area contributed by atoms with Crippen LogP contribution in [0.15, 0.2) is 18.2 Å². The van der Waals surface area contributed by atoms with Crippen LogP contribution in [0.1, 0.15) is 12.0 Å². The lowest BCUT2D eigenvalue weighted by atomic mass is 10.1. The minimum Gasteiger partial charge on any atom is -0.508 e. The number of carbonyl (C=O) groups excluding carboxylic acids is 1. The number of aryl methyl sites for hydroxylation is 1. The Morgan fingerprint density at radius 1 is 1.47 bits per heavy atom. The van der Waals surface area contributed by atoms with E-state index in [9.17, 15) is 22.2 Å². The zero-order valence-electron chi connectivity index (χ0n) is 10.3. The van der Waals surface area contributed by atoms with E-state index in [1.54, 1.807) is 19.1 Å². The maximum Gasteiger partial charge on any atom is 0.302 e. The van der Waals surface area contributed by atoms with Crippen molar-refractivity contribution in [1.29, 1.82) is 0 Å². The van der Waals surface area contributed by atoms with E-state index < -0.39 is 21.9 Å². The molecule has 19 heavy (non-hydrogen) atoms. The third kappa shape index (κ3) is 3.23. The molecule has 1 N–H and O–H groups in total. The summed E-state index contributed by atoms with van der Waals surface area (Å²) in [4.78, 5) is 13.2. The molecule has 0 aromatic heterocycles. The monoisotopic (exact) mass is 287 g/mol. The molecule has 1 aliphatic rings. The van der Waals surface area contributed by atoms with Gasteiger partial charge in [0.1, 0.15) is 5.75 Å². The summed E-state index contributed by atoms with van der Waals surface area (Å²) in [6, 6.07) is 4.68. The van der Waals surface area contributed by atoms with Crippen LogP contribution >= 0.6 is 0 Å². The number of carbonyl (C=O) groups is 1. The number of amides is 1. The quantitative estimate of drug-likeness (QED) is 0.852. The SMILES string of the molecule is Cc1cc(N2CC(CS(=O)(=O)F)CC2=O)ccc1O. The van der Waals surface area contributed by atoms with E-state index in [1.807, 2.05) is 0 Å². The number of hydrogen-bond donors (Lipinski definition) is 1. The zero-order valence-corrected chi connectivity index (χ0v) is 11.2. The molecule has 0 aliphatic carbocycles. The molecule has 1 amide bonds. The lowest BCUT2D eigenvalue weighted by Crippen LogP contribution is -2.25. The topological polar surface area (TPSA) is 74.7 Å². The van der Waals surface area contributed by atoms with Crippen molar-refractivity contribution in [3.05, 3.63) is 23.8 Å². The molecule has 1 heterocycles. The first-order valence-corrected chi connectivity index (χ1v) is 7.34. The Balaban J connectivity index is 2.18. The fraction of sp³-hybridized carbons (Fsp3) is 0.417. The number of rotatable bonds is 3. The molecule has 1 atom stereocenters. The van der Waals surface area contributed by atoms with E-state index >= 15 is 0 Å². The molecule has 1 saturated heterocycles. The first kappa shape index (κ1) is 13.8. The largest absolute Gasteiger partial charge is 0.508 e. The first-order valence-electron chi connectivity index (χ1n) is 5.78. The van der Waals surface area contributed by atoms with E-state index in [1.165, 1.54) is 11.0 Å². The van der Waals surface area contributed by atoms with Gasteiger partial charge in [-0.3, -0.25) is 4.79 Å². The van der Waals surface area contributed by atoms with Crippen LogP contribution in [0.3, 0.4) is 0 Å². The summed E-state index contributed by atoms with van der Waals surface area (Å²) in [6.45, 7) is 1.87. The number of benzene rings is 1. The lowest BCUT2D eigenvalue weighted by molar-refractivity contribution is -0.117. The van der Waals surface area contributed by atoms with Gasteiger partial charge in [0.05, 0.1) is 5.75 Å². The fourth-order valence-electron chi connectivity index (χ4n) is 2.23. The number of aromatic hydroxyl groups is 1. The molecule has 2 rings (SSSR count). The number of hydrogen-bond acceptors (Lipinski definition) is 4. The maximum absolute atomic E-state index is 12.6. The second-order valence-corrected chi connectivity index (χ2v) is 6.16. The average Bonchev–Trinajstić information content (AvgIpc) is 2.61. The summed E-state index contributed by atoms with van der Waals surface area (Å²) in [5.41, 5.74) is 1.20. The van der Waals surface area contributed by atoms with Crippen molar-refractivity contribution in [2.45, 2.75) is 13.3 Å². The molecule has 0 radical (unpaired) electrons. The predicted octanol–water partition coefficient (Wildman–Crippen LogP) is 1.35. The van der Waals surface area contributed by atoms with Crippen LogP contribution in [0.2, 0.25) is 0 Å².